The number of hydrogen-bond acceptors (Lipinski definition) is 3. The van der Waals surface area contributed by atoms with E-state index in [1.807, 2.05) is 0 Å². The van der Waals surface area contributed by atoms with E-state index in [0.717, 1.165) is 0 Å². The van der Waals surface area contributed by atoms with Crippen molar-refractivity contribution in [1.29, 1.82) is 0 Å². The van der Waals surface area contributed by atoms with Crippen molar-refractivity contribution in [1.82, 2.24) is 0 Å². The van der Waals surface area contributed by atoms with Gasteiger partial charge in [0.2, 0.25) is 0 Å². The number of carbonyl (C=O) groups is 1. The van der Waals surface area contributed by atoms with Gasteiger partial charge in [-0.25, -0.2) is 0 Å². The lowest BCUT2D eigenvalue weighted by atomic mass is 10.4. The largest absolute Gasteiger partial charge is 0.480 e. The van der Waals surface area contributed by atoms with E-state index >= 15 is 0 Å². The third-order valence-corrected chi connectivity index (χ3v) is 0.907. The summed E-state index contributed by atoms with van der Waals surface area (Å²) >= 11 is 3.65. The summed E-state index contributed by atoms with van der Waals surface area (Å²) < 4.78 is 0. The van der Waals surface area contributed by atoms with Crippen LogP contribution in [0.2, 0.25) is 0 Å². The summed E-state index contributed by atoms with van der Waals surface area (Å²) in [7, 11) is 0. The average Bonchev–Trinajstić information content (AvgIpc) is 1.65. The molecule has 9 heavy (non-hydrogen) atoms. The monoisotopic (exact) mass is 219 g/mol. The molecule has 0 fully saturated rings. The standard InChI is InChI=1S/C3H7NO2S.BrH.H2O/c4-2(1-7)3(5)6;;/h2,7H,1,4H2,(H,5,6);1H;1H2. The van der Waals surface area contributed by atoms with Gasteiger partial charge in [-0.1, -0.05) is 0 Å². The van der Waals surface area contributed by atoms with Crippen molar-refractivity contribution in [3.63, 3.8) is 0 Å². The zero-order valence-corrected chi connectivity index (χ0v) is 7.18. The van der Waals surface area contributed by atoms with Gasteiger partial charge in [-0.3, -0.25) is 4.79 Å². The molecule has 58 valence electrons. The minimum Gasteiger partial charge on any atom is -0.480 e. The maximum absolute atomic E-state index is 9.76. The predicted molar refractivity (Wildman–Crippen MR) is 43.4 cm³/mol. The smallest absolute Gasteiger partial charge is 0.321 e. The molecule has 0 heterocycles. The molecule has 6 heteroatoms. The molecule has 0 amide bonds. The fourth-order valence-corrected chi connectivity index (χ4v) is 0.234. The Bertz CT molecular complexity index is 81.5. The van der Waals surface area contributed by atoms with Gasteiger partial charge in [0.05, 0.1) is 0 Å². The molecule has 0 aliphatic heterocycles. The Morgan fingerprint density at radius 1 is 1.78 bits per heavy atom. The van der Waals surface area contributed by atoms with Crippen molar-refractivity contribution < 1.29 is 15.4 Å². The number of rotatable bonds is 2. The molecule has 0 bridgehead atoms. The highest BCUT2D eigenvalue weighted by Crippen LogP contribution is 1.80. The number of carboxylic acid groups (broad SMARTS) is 1. The molecule has 0 aliphatic carbocycles. The van der Waals surface area contributed by atoms with Gasteiger partial charge in [0.15, 0.2) is 0 Å². The van der Waals surface area contributed by atoms with Crippen LogP contribution in [-0.2, 0) is 4.79 Å². The summed E-state index contributed by atoms with van der Waals surface area (Å²) in [6.07, 6.45) is 0. The third kappa shape index (κ3) is 8.22. The van der Waals surface area contributed by atoms with E-state index in [9.17, 15) is 4.79 Å². The van der Waals surface area contributed by atoms with E-state index in [0.29, 0.717) is 0 Å². The van der Waals surface area contributed by atoms with Crippen molar-refractivity contribution in [2.75, 3.05) is 5.75 Å². The Balaban J connectivity index is -0.000000180. The van der Waals surface area contributed by atoms with Crippen LogP contribution >= 0.6 is 29.6 Å². The first kappa shape index (κ1) is 16.1. The van der Waals surface area contributed by atoms with Crippen molar-refractivity contribution in [3.05, 3.63) is 0 Å². The van der Waals surface area contributed by atoms with Gasteiger partial charge in [0.25, 0.3) is 0 Å². The number of aliphatic carboxylic acids is 1. The number of thiol groups is 1. The first-order valence-electron chi connectivity index (χ1n) is 1.77. The molecule has 5 N–H and O–H groups in total. The number of hydrogen-bond donors (Lipinski definition) is 3. The topological polar surface area (TPSA) is 94.8 Å². The zero-order valence-electron chi connectivity index (χ0n) is 4.57. The van der Waals surface area contributed by atoms with E-state index in [1.54, 1.807) is 0 Å². The lowest BCUT2D eigenvalue weighted by Crippen LogP contribution is -2.31. The second-order valence-corrected chi connectivity index (χ2v) is 1.49. The number of halogens is 1. The van der Waals surface area contributed by atoms with Gasteiger partial charge in [0, 0.05) is 5.75 Å². The Kier molecular flexibility index (Phi) is 14.7. The molecular formula is C3H10BrNO3S. The van der Waals surface area contributed by atoms with Gasteiger partial charge in [-0.05, 0) is 0 Å². The average molecular weight is 220 g/mol. The van der Waals surface area contributed by atoms with E-state index in [2.05, 4.69) is 12.6 Å². The van der Waals surface area contributed by atoms with E-state index in [1.165, 1.54) is 0 Å². The molecule has 0 saturated heterocycles. The minimum atomic E-state index is -1.00. The molecule has 0 rings (SSSR count). The Morgan fingerprint density at radius 2 is 2.11 bits per heavy atom. The molecule has 0 spiro atoms. The second-order valence-electron chi connectivity index (χ2n) is 1.13. The Hall–Kier alpha value is 0.220. The quantitative estimate of drug-likeness (QED) is 0.525. The summed E-state index contributed by atoms with van der Waals surface area (Å²) in [5.41, 5.74) is 4.94. The normalized spacial score (nSPS) is 10.4. The van der Waals surface area contributed by atoms with Crippen LogP contribution < -0.4 is 5.73 Å². The van der Waals surface area contributed by atoms with Crippen LogP contribution in [0.15, 0.2) is 0 Å². The molecule has 0 aliphatic rings. The lowest BCUT2D eigenvalue weighted by Gasteiger charge is -1.96. The van der Waals surface area contributed by atoms with Crippen molar-refractivity contribution in [3.8, 4) is 0 Å². The van der Waals surface area contributed by atoms with Crippen LogP contribution in [0.5, 0.6) is 0 Å². The van der Waals surface area contributed by atoms with E-state index in [-0.39, 0.29) is 28.2 Å². The van der Waals surface area contributed by atoms with Gasteiger partial charge in [-0.15, -0.1) is 17.0 Å². The SMILES string of the molecule is Br.NC(CS)C(=O)O.O. The zero-order chi connectivity index (χ0) is 5.86. The molecule has 0 aromatic rings. The summed E-state index contributed by atoms with van der Waals surface area (Å²) in [5.74, 6) is -0.815. The highest BCUT2D eigenvalue weighted by atomic mass is 79.9. The minimum absolute atomic E-state index is 0. The Labute approximate surface area is 68.9 Å². The predicted octanol–water partition coefficient (Wildman–Crippen LogP) is -0.919. The first-order chi connectivity index (χ1) is 3.18. The van der Waals surface area contributed by atoms with Gasteiger partial charge in [0.1, 0.15) is 6.04 Å². The van der Waals surface area contributed by atoms with E-state index < -0.39 is 12.0 Å². The maximum Gasteiger partial charge on any atom is 0.321 e. The van der Waals surface area contributed by atoms with Gasteiger partial charge >= 0.3 is 5.97 Å². The molecular weight excluding hydrogens is 210 g/mol. The molecule has 1 unspecified atom stereocenters. The van der Waals surface area contributed by atoms with Crippen LogP contribution in [0.1, 0.15) is 0 Å². The van der Waals surface area contributed by atoms with Crippen LogP contribution in [0, 0.1) is 0 Å². The second kappa shape index (κ2) is 8.22. The van der Waals surface area contributed by atoms with Crippen LogP contribution in [-0.4, -0.2) is 28.3 Å². The number of nitrogens with two attached hydrogens (primary N) is 1. The van der Waals surface area contributed by atoms with Crippen LogP contribution in [0.3, 0.4) is 0 Å². The number of carboxylic acids is 1. The van der Waals surface area contributed by atoms with Crippen molar-refractivity contribution >= 4 is 35.6 Å². The van der Waals surface area contributed by atoms with Gasteiger partial charge < -0.3 is 16.3 Å². The fraction of sp³-hybridized carbons (Fsp3) is 0.667. The highest BCUT2D eigenvalue weighted by molar-refractivity contribution is 8.93. The van der Waals surface area contributed by atoms with E-state index in [4.69, 9.17) is 10.8 Å². The summed E-state index contributed by atoms with van der Waals surface area (Å²) in [5, 5.41) is 8.01. The molecule has 1 atom stereocenters. The van der Waals surface area contributed by atoms with Crippen molar-refractivity contribution in [2.24, 2.45) is 5.73 Å². The van der Waals surface area contributed by atoms with Crippen LogP contribution in [0.25, 0.3) is 0 Å². The van der Waals surface area contributed by atoms with Crippen LogP contribution in [0.4, 0.5) is 0 Å². The summed E-state index contributed by atoms with van der Waals surface area (Å²) in [6.45, 7) is 0. The lowest BCUT2D eigenvalue weighted by molar-refractivity contribution is -0.137. The summed E-state index contributed by atoms with van der Waals surface area (Å²) in [6, 6.07) is -0.816. The Morgan fingerprint density at radius 3 is 2.11 bits per heavy atom. The third-order valence-electron chi connectivity index (χ3n) is 0.514. The molecule has 0 radical (unpaired) electrons. The van der Waals surface area contributed by atoms with Gasteiger partial charge in [-0.2, -0.15) is 12.6 Å². The molecule has 0 aromatic carbocycles. The molecule has 0 saturated carbocycles. The first-order valence-corrected chi connectivity index (χ1v) is 2.41. The summed E-state index contributed by atoms with van der Waals surface area (Å²) in [4.78, 5) is 9.76. The van der Waals surface area contributed by atoms with Crippen molar-refractivity contribution in [2.45, 2.75) is 6.04 Å². The fourth-order valence-electron chi connectivity index (χ4n) is 0.0781. The molecule has 0 aromatic heterocycles. The maximum atomic E-state index is 9.76. The highest BCUT2D eigenvalue weighted by Gasteiger charge is 2.06. The molecule has 4 nitrogen and oxygen atoms in total.